The number of hydrogen-bond acceptors (Lipinski definition) is 5. The minimum atomic E-state index is -0.450. The van der Waals surface area contributed by atoms with Gasteiger partial charge in [-0.3, -0.25) is 14.7 Å². The first-order chi connectivity index (χ1) is 16.7. The zero-order valence-corrected chi connectivity index (χ0v) is 19.2. The Morgan fingerprint density at radius 3 is 2.59 bits per heavy atom. The summed E-state index contributed by atoms with van der Waals surface area (Å²) in [5, 5.41) is 0. The quantitative estimate of drug-likeness (QED) is 0.517. The Morgan fingerprint density at radius 1 is 0.971 bits per heavy atom. The third-order valence-corrected chi connectivity index (χ3v) is 6.67. The van der Waals surface area contributed by atoms with Crippen molar-refractivity contribution in [3.8, 4) is 11.6 Å². The molecule has 2 saturated heterocycles. The molecule has 2 fully saturated rings. The molecule has 0 radical (unpaired) electrons. The maximum Gasteiger partial charge on any atom is 0.254 e. The Hall–Kier alpha value is -3.32. The second kappa shape index (κ2) is 10.3. The summed E-state index contributed by atoms with van der Waals surface area (Å²) in [4.78, 5) is 26.8. The van der Waals surface area contributed by atoms with E-state index in [9.17, 15) is 9.18 Å². The maximum atomic E-state index is 14.2. The molecule has 0 saturated carbocycles. The van der Waals surface area contributed by atoms with Crippen molar-refractivity contribution in [2.24, 2.45) is 0 Å². The van der Waals surface area contributed by atoms with E-state index in [1.54, 1.807) is 30.6 Å². The summed E-state index contributed by atoms with van der Waals surface area (Å²) in [6.45, 7) is 4.22. The molecule has 1 aromatic heterocycles. The Labute approximate surface area is 199 Å². The van der Waals surface area contributed by atoms with Crippen LogP contribution >= 0.6 is 0 Å². The lowest BCUT2D eigenvalue weighted by molar-refractivity contribution is 0.0702. The van der Waals surface area contributed by atoms with Crippen LogP contribution in [-0.2, 0) is 6.54 Å². The minimum Gasteiger partial charge on any atom is -0.434 e. The molecule has 3 heterocycles. The number of piperidine rings is 1. The number of likely N-dealkylation sites (tertiary alicyclic amines) is 2. The van der Waals surface area contributed by atoms with E-state index in [1.807, 2.05) is 23.1 Å². The first-order valence-corrected chi connectivity index (χ1v) is 12.0. The molecule has 2 aliphatic rings. The standard InChI is InChI=1S/C27H29FN4O2/c28-23-11-3-4-12-24(23)34-26-25(29-13-14-30-26)21-9-7-17-32(19-21)27(33)22-10-2-1-8-20(22)18-31-15-5-6-16-31/h1-4,8,10-14,21H,5-7,9,15-19H2/t21-/m0/s1. The van der Waals surface area contributed by atoms with E-state index in [2.05, 4.69) is 20.9 Å². The summed E-state index contributed by atoms with van der Waals surface area (Å²) in [7, 11) is 0. The van der Waals surface area contributed by atoms with Gasteiger partial charge in [-0.05, 0) is 62.5 Å². The van der Waals surface area contributed by atoms with Crippen LogP contribution < -0.4 is 4.74 Å². The fourth-order valence-corrected chi connectivity index (χ4v) is 4.93. The molecule has 176 valence electrons. The van der Waals surface area contributed by atoms with Crippen LogP contribution in [0, 0.1) is 5.82 Å². The Bertz CT molecular complexity index is 1150. The number of carbonyl (C=O) groups excluding carboxylic acids is 1. The van der Waals surface area contributed by atoms with Crippen molar-refractivity contribution >= 4 is 5.91 Å². The van der Waals surface area contributed by atoms with Crippen molar-refractivity contribution in [3.63, 3.8) is 0 Å². The SMILES string of the molecule is O=C(c1ccccc1CN1CCCC1)N1CCC[C@H](c2nccnc2Oc2ccccc2F)C1. The largest absolute Gasteiger partial charge is 0.434 e. The van der Waals surface area contributed by atoms with Crippen molar-refractivity contribution < 1.29 is 13.9 Å². The van der Waals surface area contributed by atoms with Gasteiger partial charge >= 0.3 is 0 Å². The molecular formula is C27H29FN4O2. The van der Waals surface area contributed by atoms with Gasteiger partial charge in [-0.1, -0.05) is 30.3 Å². The summed E-state index contributed by atoms with van der Waals surface area (Å²) in [5.41, 5.74) is 2.52. The predicted molar refractivity (Wildman–Crippen MR) is 127 cm³/mol. The Balaban J connectivity index is 1.34. The summed E-state index contributed by atoms with van der Waals surface area (Å²) < 4.78 is 20.0. The van der Waals surface area contributed by atoms with Crippen LogP contribution in [0.2, 0.25) is 0 Å². The summed E-state index contributed by atoms with van der Waals surface area (Å²) in [5.74, 6) is -0.0156. The highest BCUT2D eigenvalue weighted by Gasteiger charge is 2.30. The van der Waals surface area contributed by atoms with Gasteiger partial charge in [0.1, 0.15) is 5.69 Å². The minimum absolute atomic E-state index is 0.0288. The lowest BCUT2D eigenvalue weighted by Crippen LogP contribution is -2.40. The normalized spacial score (nSPS) is 18.7. The third kappa shape index (κ3) is 4.94. The van der Waals surface area contributed by atoms with E-state index in [1.165, 1.54) is 18.9 Å². The van der Waals surface area contributed by atoms with E-state index >= 15 is 0 Å². The van der Waals surface area contributed by atoms with Gasteiger partial charge < -0.3 is 9.64 Å². The van der Waals surface area contributed by atoms with Crippen LogP contribution in [0.5, 0.6) is 11.6 Å². The van der Waals surface area contributed by atoms with Crippen molar-refractivity contribution in [2.45, 2.75) is 38.1 Å². The second-order valence-corrected chi connectivity index (χ2v) is 9.01. The summed E-state index contributed by atoms with van der Waals surface area (Å²) >= 11 is 0. The van der Waals surface area contributed by atoms with Crippen molar-refractivity contribution in [1.82, 2.24) is 19.8 Å². The highest BCUT2D eigenvalue weighted by atomic mass is 19.1. The zero-order valence-electron chi connectivity index (χ0n) is 19.2. The Morgan fingerprint density at radius 2 is 1.74 bits per heavy atom. The molecule has 0 aliphatic carbocycles. The van der Waals surface area contributed by atoms with Crippen LogP contribution in [0.1, 0.15) is 53.2 Å². The first kappa shape index (κ1) is 22.5. The van der Waals surface area contributed by atoms with E-state index < -0.39 is 5.82 Å². The Kier molecular flexibility index (Phi) is 6.81. The molecule has 1 amide bonds. The number of carbonyl (C=O) groups is 1. The van der Waals surface area contributed by atoms with Gasteiger partial charge in [-0.25, -0.2) is 9.37 Å². The smallest absolute Gasteiger partial charge is 0.254 e. The van der Waals surface area contributed by atoms with E-state index in [-0.39, 0.29) is 17.6 Å². The lowest BCUT2D eigenvalue weighted by Gasteiger charge is -2.33. The number of para-hydroxylation sites is 1. The van der Waals surface area contributed by atoms with Crippen LogP contribution in [-0.4, -0.2) is 51.9 Å². The average Bonchev–Trinajstić information content (AvgIpc) is 3.39. The average molecular weight is 461 g/mol. The van der Waals surface area contributed by atoms with Gasteiger partial charge in [0, 0.05) is 43.5 Å². The molecule has 5 rings (SSSR count). The molecular weight excluding hydrogens is 431 g/mol. The molecule has 2 aromatic carbocycles. The van der Waals surface area contributed by atoms with E-state index in [0.29, 0.717) is 24.7 Å². The number of benzene rings is 2. The van der Waals surface area contributed by atoms with Gasteiger partial charge in [0.2, 0.25) is 5.88 Å². The number of hydrogen-bond donors (Lipinski definition) is 0. The molecule has 0 spiro atoms. The molecule has 6 nitrogen and oxygen atoms in total. The molecule has 0 bridgehead atoms. The fraction of sp³-hybridized carbons (Fsp3) is 0.370. The van der Waals surface area contributed by atoms with Crippen LogP contribution in [0.15, 0.2) is 60.9 Å². The summed E-state index contributed by atoms with van der Waals surface area (Å²) in [6.07, 6.45) is 7.33. The summed E-state index contributed by atoms with van der Waals surface area (Å²) in [6, 6.07) is 14.2. The first-order valence-electron chi connectivity index (χ1n) is 12.0. The van der Waals surface area contributed by atoms with E-state index in [0.717, 1.165) is 43.6 Å². The third-order valence-electron chi connectivity index (χ3n) is 6.67. The van der Waals surface area contributed by atoms with Crippen molar-refractivity contribution in [1.29, 1.82) is 0 Å². The number of halogens is 1. The molecule has 3 aromatic rings. The van der Waals surface area contributed by atoms with Crippen molar-refractivity contribution in [3.05, 3.63) is 83.6 Å². The molecule has 0 N–H and O–H groups in total. The van der Waals surface area contributed by atoms with Gasteiger partial charge in [0.15, 0.2) is 11.6 Å². The number of nitrogens with zero attached hydrogens (tertiary/aromatic N) is 4. The topological polar surface area (TPSA) is 58.6 Å². The van der Waals surface area contributed by atoms with E-state index in [4.69, 9.17) is 4.74 Å². The highest BCUT2D eigenvalue weighted by molar-refractivity contribution is 5.95. The lowest BCUT2D eigenvalue weighted by atomic mass is 9.93. The molecule has 7 heteroatoms. The monoisotopic (exact) mass is 460 g/mol. The second-order valence-electron chi connectivity index (χ2n) is 9.01. The molecule has 34 heavy (non-hydrogen) atoms. The number of amides is 1. The maximum absolute atomic E-state index is 14.2. The number of ether oxygens (including phenoxy) is 1. The zero-order chi connectivity index (χ0) is 23.3. The van der Waals surface area contributed by atoms with Gasteiger partial charge in [-0.15, -0.1) is 0 Å². The number of rotatable bonds is 6. The van der Waals surface area contributed by atoms with Crippen LogP contribution in [0.25, 0.3) is 0 Å². The molecule has 2 aliphatic heterocycles. The molecule has 1 atom stereocenters. The fourth-order valence-electron chi connectivity index (χ4n) is 4.93. The van der Waals surface area contributed by atoms with Crippen LogP contribution in [0.4, 0.5) is 4.39 Å². The predicted octanol–water partition coefficient (Wildman–Crippen LogP) is 5.02. The van der Waals surface area contributed by atoms with Crippen LogP contribution in [0.3, 0.4) is 0 Å². The highest BCUT2D eigenvalue weighted by Crippen LogP contribution is 2.34. The number of aromatic nitrogens is 2. The van der Waals surface area contributed by atoms with Gasteiger partial charge in [0.05, 0.1) is 0 Å². The van der Waals surface area contributed by atoms with Gasteiger partial charge in [0.25, 0.3) is 5.91 Å². The van der Waals surface area contributed by atoms with Crippen molar-refractivity contribution in [2.75, 3.05) is 26.2 Å². The van der Waals surface area contributed by atoms with Gasteiger partial charge in [-0.2, -0.15) is 0 Å². The molecule has 0 unspecified atom stereocenters.